The molecule has 2 aromatic heterocycles. The number of hydrogen-bond acceptors (Lipinski definition) is 6. The average molecular weight is 267 g/mol. The second-order valence-corrected chi connectivity index (χ2v) is 3.54. The molecular weight excluding hydrogens is 256 g/mol. The van der Waals surface area contributed by atoms with Crippen molar-refractivity contribution in [2.75, 3.05) is 13.7 Å². The monoisotopic (exact) mass is 266 g/mol. The fourth-order valence-electron chi connectivity index (χ4n) is 1.35. The molecule has 0 radical (unpaired) electrons. The Hall–Kier alpha value is -1.95. The first-order chi connectivity index (χ1) is 8.74. The summed E-state index contributed by atoms with van der Waals surface area (Å²) in [6, 6.07) is 3.69. The van der Waals surface area contributed by atoms with E-state index in [4.69, 9.17) is 21.1 Å². The van der Waals surface area contributed by atoms with Crippen molar-refractivity contribution in [1.29, 1.82) is 0 Å². The average Bonchev–Trinajstić information content (AvgIpc) is 2.38. The van der Waals surface area contributed by atoms with Crippen LogP contribution in [0, 0.1) is 0 Å². The van der Waals surface area contributed by atoms with Gasteiger partial charge in [-0.2, -0.15) is 15.0 Å². The lowest BCUT2D eigenvalue weighted by Gasteiger charge is -2.07. The van der Waals surface area contributed by atoms with Crippen molar-refractivity contribution in [2.24, 2.45) is 0 Å². The molecule has 0 aliphatic rings. The Morgan fingerprint density at radius 1 is 1.28 bits per heavy atom. The Bertz CT molecular complexity index is 550. The third-order valence-corrected chi connectivity index (χ3v) is 2.23. The summed E-state index contributed by atoms with van der Waals surface area (Å²) in [5, 5.41) is 0.0520. The van der Waals surface area contributed by atoms with E-state index in [1.54, 1.807) is 25.4 Å². The van der Waals surface area contributed by atoms with Crippen molar-refractivity contribution in [3.05, 3.63) is 23.6 Å². The maximum atomic E-state index is 5.82. The SMILES string of the molecule is CCOc1nc(Cl)nc(-c2ncccc2OC)n1. The normalized spacial score (nSPS) is 10.2. The van der Waals surface area contributed by atoms with E-state index < -0.39 is 0 Å². The van der Waals surface area contributed by atoms with Crippen LogP contribution in [0.3, 0.4) is 0 Å². The summed E-state index contributed by atoms with van der Waals surface area (Å²) in [4.78, 5) is 16.2. The number of ether oxygens (including phenoxy) is 2. The van der Waals surface area contributed by atoms with Crippen LogP contribution in [0.1, 0.15) is 6.92 Å². The lowest BCUT2D eigenvalue weighted by Crippen LogP contribution is -2.02. The highest BCUT2D eigenvalue weighted by Gasteiger charge is 2.13. The second kappa shape index (κ2) is 5.59. The summed E-state index contributed by atoms with van der Waals surface area (Å²) >= 11 is 5.82. The molecule has 0 aliphatic heterocycles. The Morgan fingerprint density at radius 3 is 2.83 bits per heavy atom. The minimum absolute atomic E-state index is 0.0520. The highest BCUT2D eigenvalue weighted by Crippen LogP contribution is 2.25. The summed E-state index contributed by atoms with van der Waals surface area (Å²) in [5.41, 5.74) is 0.491. The molecule has 2 heterocycles. The van der Waals surface area contributed by atoms with Gasteiger partial charge in [-0.3, -0.25) is 0 Å². The predicted octanol–water partition coefficient (Wildman–Crippen LogP) is 1.99. The first kappa shape index (κ1) is 12.5. The third-order valence-electron chi connectivity index (χ3n) is 2.06. The van der Waals surface area contributed by atoms with Crippen LogP contribution < -0.4 is 9.47 Å². The number of rotatable bonds is 4. The Balaban J connectivity index is 2.49. The van der Waals surface area contributed by atoms with Crippen molar-refractivity contribution in [1.82, 2.24) is 19.9 Å². The molecule has 2 aromatic rings. The van der Waals surface area contributed by atoms with Crippen molar-refractivity contribution < 1.29 is 9.47 Å². The van der Waals surface area contributed by atoms with Crippen LogP contribution in [0.2, 0.25) is 5.28 Å². The molecule has 0 bridgehead atoms. The molecule has 0 fully saturated rings. The molecule has 0 aromatic carbocycles. The molecule has 94 valence electrons. The molecule has 0 saturated heterocycles. The summed E-state index contributed by atoms with van der Waals surface area (Å²) in [6.45, 7) is 2.28. The molecule has 0 saturated carbocycles. The first-order valence-electron chi connectivity index (χ1n) is 5.28. The smallest absolute Gasteiger partial charge is 0.321 e. The molecule has 2 rings (SSSR count). The predicted molar refractivity (Wildman–Crippen MR) is 65.8 cm³/mol. The fraction of sp³-hybridized carbons (Fsp3) is 0.273. The molecule has 18 heavy (non-hydrogen) atoms. The van der Waals surface area contributed by atoms with Gasteiger partial charge < -0.3 is 9.47 Å². The minimum atomic E-state index is 0.0520. The van der Waals surface area contributed by atoms with Gasteiger partial charge in [0.25, 0.3) is 0 Å². The van der Waals surface area contributed by atoms with E-state index in [1.807, 2.05) is 6.92 Å². The summed E-state index contributed by atoms with van der Waals surface area (Å²) < 4.78 is 10.4. The minimum Gasteiger partial charge on any atom is -0.494 e. The van der Waals surface area contributed by atoms with Crippen LogP contribution in [0.15, 0.2) is 18.3 Å². The van der Waals surface area contributed by atoms with E-state index in [1.165, 1.54) is 0 Å². The zero-order chi connectivity index (χ0) is 13.0. The fourth-order valence-corrected chi connectivity index (χ4v) is 1.51. The largest absolute Gasteiger partial charge is 0.494 e. The van der Waals surface area contributed by atoms with E-state index in [0.29, 0.717) is 23.9 Å². The second-order valence-electron chi connectivity index (χ2n) is 3.20. The van der Waals surface area contributed by atoms with Gasteiger partial charge in [-0.15, -0.1) is 0 Å². The van der Waals surface area contributed by atoms with Gasteiger partial charge in [0, 0.05) is 6.20 Å². The van der Waals surface area contributed by atoms with Crippen LogP contribution >= 0.6 is 11.6 Å². The van der Waals surface area contributed by atoms with Gasteiger partial charge in [0.15, 0.2) is 5.82 Å². The third kappa shape index (κ3) is 2.65. The number of nitrogens with zero attached hydrogens (tertiary/aromatic N) is 4. The number of aromatic nitrogens is 4. The number of pyridine rings is 1. The maximum Gasteiger partial charge on any atom is 0.321 e. The van der Waals surface area contributed by atoms with Crippen LogP contribution in [-0.2, 0) is 0 Å². The van der Waals surface area contributed by atoms with Gasteiger partial charge in [-0.25, -0.2) is 4.98 Å². The first-order valence-corrected chi connectivity index (χ1v) is 5.66. The van der Waals surface area contributed by atoms with Gasteiger partial charge in [-0.05, 0) is 30.7 Å². The molecule has 0 unspecified atom stereocenters. The van der Waals surface area contributed by atoms with Gasteiger partial charge in [0.2, 0.25) is 5.28 Å². The standard InChI is InChI=1S/C11H11ClN4O2/c1-3-18-11-15-9(14-10(12)16-11)8-7(17-2)5-4-6-13-8/h4-6H,3H2,1-2H3. The number of hydrogen-bond donors (Lipinski definition) is 0. The lowest BCUT2D eigenvalue weighted by molar-refractivity contribution is 0.311. The van der Waals surface area contributed by atoms with Crippen LogP contribution in [0.4, 0.5) is 0 Å². The Labute approximate surface area is 109 Å². The Morgan fingerprint density at radius 2 is 2.11 bits per heavy atom. The van der Waals surface area contributed by atoms with Gasteiger partial charge >= 0.3 is 6.01 Å². The molecule has 0 amide bonds. The number of methoxy groups -OCH3 is 1. The summed E-state index contributed by atoms with van der Waals surface area (Å²) in [6.07, 6.45) is 1.62. The van der Waals surface area contributed by atoms with Gasteiger partial charge in [0.1, 0.15) is 11.4 Å². The van der Waals surface area contributed by atoms with Crippen LogP contribution in [0.25, 0.3) is 11.5 Å². The van der Waals surface area contributed by atoms with Crippen molar-refractivity contribution in [3.63, 3.8) is 0 Å². The van der Waals surface area contributed by atoms with Gasteiger partial charge in [-0.1, -0.05) is 0 Å². The van der Waals surface area contributed by atoms with E-state index in [0.717, 1.165) is 0 Å². The maximum absolute atomic E-state index is 5.82. The molecule has 0 N–H and O–H groups in total. The van der Waals surface area contributed by atoms with Crippen molar-refractivity contribution in [2.45, 2.75) is 6.92 Å². The van der Waals surface area contributed by atoms with Crippen LogP contribution in [-0.4, -0.2) is 33.7 Å². The highest BCUT2D eigenvalue weighted by molar-refractivity contribution is 6.28. The zero-order valence-electron chi connectivity index (χ0n) is 9.92. The Kier molecular flexibility index (Phi) is 3.88. The molecule has 0 atom stereocenters. The molecular formula is C11H11ClN4O2. The van der Waals surface area contributed by atoms with E-state index >= 15 is 0 Å². The van der Waals surface area contributed by atoms with E-state index in [-0.39, 0.29) is 11.3 Å². The summed E-state index contributed by atoms with van der Waals surface area (Å²) in [5.74, 6) is 0.873. The quantitative estimate of drug-likeness (QED) is 0.843. The van der Waals surface area contributed by atoms with Gasteiger partial charge in [0.05, 0.1) is 13.7 Å². The molecule has 6 nitrogen and oxygen atoms in total. The zero-order valence-corrected chi connectivity index (χ0v) is 10.7. The topological polar surface area (TPSA) is 70.0 Å². The molecule has 0 aliphatic carbocycles. The molecule has 0 spiro atoms. The summed E-state index contributed by atoms with van der Waals surface area (Å²) in [7, 11) is 1.55. The molecule has 7 heteroatoms. The van der Waals surface area contributed by atoms with E-state index in [2.05, 4.69) is 19.9 Å². The van der Waals surface area contributed by atoms with E-state index in [9.17, 15) is 0 Å². The number of halogens is 1. The van der Waals surface area contributed by atoms with Crippen LogP contribution in [0.5, 0.6) is 11.8 Å². The highest BCUT2D eigenvalue weighted by atomic mass is 35.5. The van der Waals surface area contributed by atoms with Crippen molar-refractivity contribution in [3.8, 4) is 23.3 Å². The lowest BCUT2D eigenvalue weighted by atomic mass is 10.3. The van der Waals surface area contributed by atoms with Crippen molar-refractivity contribution >= 4 is 11.6 Å².